The smallest absolute Gasteiger partial charge is 0.231 e. The number of allylic oxidation sites excluding steroid dienone is 4. The van der Waals surface area contributed by atoms with Gasteiger partial charge in [0.1, 0.15) is 0 Å². The third kappa shape index (κ3) is 1.79. The van der Waals surface area contributed by atoms with E-state index in [1.807, 2.05) is 0 Å². The summed E-state index contributed by atoms with van der Waals surface area (Å²) in [5.74, 6) is 0.215. The number of benzene rings is 1. The topological polar surface area (TPSA) is 68.4 Å². The number of carbonyl (C=O) groups is 2. The highest BCUT2D eigenvalue weighted by Crippen LogP contribution is 2.40. The van der Waals surface area contributed by atoms with Gasteiger partial charge in [-0.1, -0.05) is 23.2 Å². The summed E-state index contributed by atoms with van der Waals surface area (Å²) >= 11 is 11.9. The van der Waals surface area contributed by atoms with E-state index in [-0.39, 0.29) is 22.4 Å². The molecule has 1 aliphatic carbocycles. The number of hydrogen-bond acceptors (Lipinski definition) is 4. The van der Waals surface area contributed by atoms with E-state index in [0.29, 0.717) is 22.4 Å². The van der Waals surface area contributed by atoms with E-state index >= 15 is 0 Å². The molecule has 2 heterocycles. The lowest BCUT2D eigenvalue weighted by Crippen LogP contribution is -2.13. The zero-order valence-corrected chi connectivity index (χ0v) is 12.4. The summed E-state index contributed by atoms with van der Waals surface area (Å²) < 4.78 is 10.6. The van der Waals surface area contributed by atoms with Crippen LogP contribution in [0.3, 0.4) is 0 Å². The van der Waals surface area contributed by atoms with Crippen molar-refractivity contribution in [3.8, 4) is 11.5 Å². The van der Waals surface area contributed by atoms with Crippen LogP contribution in [0, 0.1) is 0 Å². The van der Waals surface area contributed by atoms with E-state index in [4.69, 9.17) is 32.7 Å². The molecule has 1 aromatic carbocycles. The molecule has 110 valence electrons. The number of H-pyrrole nitrogens is 1. The van der Waals surface area contributed by atoms with Gasteiger partial charge in [0.15, 0.2) is 17.3 Å². The molecule has 0 atom stereocenters. The number of ketones is 2. The first-order valence-corrected chi connectivity index (χ1v) is 7.09. The molecule has 2 aromatic rings. The molecular formula is C15H7Cl2NO4. The number of carbonyl (C=O) groups excluding carboxylic acids is 2. The highest BCUT2D eigenvalue weighted by Gasteiger charge is 2.30. The molecule has 1 N–H and O–H groups in total. The van der Waals surface area contributed by atoms with Gasteiger partial charge < -0.3 is 14.5 Å². The highest BCUT2D eigenvalue weighted by atomic mass is 35.5. The maximum atomic E-state index is 12.3. The maximum Gasteiger partial charge on any atom is 0.231 e. The maximum absolute atomic E-state index is 12.3. The lowest BCUT2D eigenvalue weighted by molar-refractivity contribution is -0.113. The SMILES string of the molecule is O=C1C=C(Cl)C(=O)C(c2c[nH]c3cc4c(cc23)OCO4)=C1Cl. The molecule has 1 aromatic heterocycles. The first-order valence-electron chi connectivity index (χ1n) is 6.33. The quantitative estimate of drug-likeness (QED) is 0.813. The highest BCUT2D eigenvalue weighted by molar-refractivity contribution is 6.62. The lowest BCUT2D eigenvalue weighted by atomic mass is 9.95. The second kappa shape index (κ2) is 4.63. The fraction of sp³-hybridized carbons (Fsp3) is 0.0667. The zero-order valence-electron chi connectivity index (χ0n) is 10.9. The third-order valence-electron chi connectivity index (χ3n) is 3.58. The number of rotatable bonds is 1. The molecule has 0 fully saturated rings. The number of halogens is 2. The van der Waals surface area contributed by atoms with Gasteiger partial charge in [0.05, 0.1) is 15.6 Å². The molecule has 0 amide bonds. The Kier molecular flexibility index (Phi) is 2.82. The van der Waals surface area contributed by atoms with Crippen molar-refractivity contribution in [1.29, 1.82) is 0 Å². The van der Waals surface area contributed by atoms with Crippen LogP contribution < -0.4 is 9.47 Å². The van der Waals surface area contributed by atoms with Crippen LogP contribution in [0.15, 0.2) is 34.5 Å². The van der Waals surface area contributed by atoms with Gasteiger partial charge in [-0.3, -0.25) is 9.59 Å². The van der Waals surface area contributed by atoms with Crippen LogP contribution in [-0.2, 0) is 9.59 Å². The van der Waals surface area contributed by atoms with E-state index in [0.717, 1.165) is 11.6 Å². The van der Waals surface area contributed by atoms with Crippen LogP contribution in [0.1, 0.15) is 5.56 Å². The summed E-state index contributed by atoms with van der Waals surface area (Å²) in [4.78, 5) is 27.1. The van der Waals surface area contributed by atoms with Gasteiger partial charge >= 0.3 is 0 Å². The molecule has 1 aliphatic heterocycles. The number of fused-ring (bicyclic) bond motifs is 2. The first-order chi connectivity index (χ1) is 10.6. The van der Waals surface area contributed by atoms with Gasteiger partial charge in [-0.15, -0.1) is 0 Å². The second-order valence-corrected chi connectivity index (χ2v) is 5.61. The van der Waals surface area contributed by atoms with E-state index in [1.54, 1.807) is 18.3 Å². The molecule has 0 unspecified atom stereocenters. The average Bonchev–Trinajstić information content (AvgIpc) is 3.10. The van der Waals surface area contributed by atoms with Crippen molar-refractivity contribution < 1.29 is 19.1 Å². The summed E-state index contributed by atoms with van der Waals surface area (Å²) in [5.41, 5.74) is 1.33. The molecule has 4 rings (SSSR count). The monoisotopic (exact) mass is 335 g/mol. The van der Waals surface area contributed by atoms with Crippen LogP contribution >= 0.6 is 23.2 Å². The van der Waals surface area contributed by atoms with E-state index < -0.39 is 11.6 Å². The second-order valence-electron chi connectivity index (χ2n) is 4.83. The fourth-order valence-electron chi connectivity index (χ4n) is 2.55. The van der Waals surface area contributed by atoms with E-state index in [2.05, 4.69) is 4.98 Å². The van der Waals surface area contributed by atoms with E-state index in [1.165, 1.54) is 0 Å². The molecule has 22 heavy (non-hydrogen) atoms. The molecule has 5 nitrogen and oxygen atoms in total. The number of aromatic nitrogens is 1. The summed E-state index contributed by atoms with van der Waals surface area (Å²) in [6.07, 6.45) is 2.64. The van der Waals surface area contributed by atoms with Gasteiger partial charge in [0.25, 0.3) is 0 Å². The van der Waals surface area contributed by atoms with E-state index in [9.17, 15) is 9.59 Å². The predicted molar refractivity (Wildman–Crippen MR) is 81.1 cm³/mol. The standard InChI is InChI=1S/C15H7Cl2NO4/c16-8-2-10(19)14(17)13(15(8)20)7-4-18-9-3-12-11(1-6(7)9)21-5-22-12/h1-4,18H,5H2. The average molecular weight is 336 g/mol. The number of hydrogen-bond donors (Lipinski definition) is 1. The molecule has 2 aliphatic rings. The zero-order chi connectivity index (χ0) is 15.4. The molecule has 0 saturated carbocycles. The van der Waals surface area contributed by atoms with Crippen LogP contribution in [0.4, 0.5) is 0 Å². The minimum absolute atomic E-state index is 0.0873. The Hall–Kier alpha value is -2.24. The molecule has 0 saturated heterocycles. The first kappa shape index (κ1) is 13.4. The minimum atomic E-state index is -0.489. The minimum Gasteiger partial charge on any atom is -0.454 e. The lowest BCUT2D eigenvalue weighted by Gasteiger charge is -2.11. The Bertz CT molecular complexity index is 923. The van der Waals surface area contributed by atoms with Gasteiger partial charge in [0.2, 0.25) is 12.6 Å². The van der Waals surface area contributed by atoms with Crippen LogP contribution in [0.2, 0.25) is 0 Å². The summed E-state index contributed by atoms with van der Waals surface area (Å²) in [6.45, 7) is 0.146. The molecule has 7 heteroatoms. The summed E-state index contributed by atoms with van der Waals surface area (Å²) in [5, 5.41) is 0.400. The largest absolute Gasteiger partial charge is 0.454 e. The van der Waals surface area contributed by atoms with Crippen LogP contribution in [0.25, 0.3) is 16.5 Å². The van der Waals surface area contributed by atoms with Gasteiger partial charge in [-0.05, 0) is 6.07 Å². The van der Waals surface area contributed by atoms with Crippen molar-refractivity contribution in [2.75, 3.05) is 6.79 Å². The summed E-state index contributed by atoms with van der Waals surface area (Å²) in [7, 11) is 0. The Morgan fingerprint density at radius 1 is 1.09 bits per heavy atom. The van der Waals surface area contributed by atoms with Crippen molar-refractivity contribution in [3.63, 3.8) is 0 Å². The van der Waals surface area contributed by atoms with Crippen LogP contribution in [0.5, 0.6) is 11.5 Å². The molecule has 0 bridgehead atoms. The molecular weight excluding hydrogens is 329 g/mol. The fourth-order valence-corrected chi connectivity index (χ4v) is 2.98. The van der Waals surface area contributed by atoms with Gasteiger partial charge in [0, 0.05) is 34.8 Å². The molecule has 0 spiro atoms. The Morgan fingerprint density at radius 3 is 2.59 bits per heavy atom. The van der Waals surface area contributed by atoms with Gasteiger partial charge in [-0.25, -0.2) is 0 Å². The molecule has 0 radical (unpaired) electrons. The normalized spacial score (nSPS) is 17.5. The Morgan fingerprint density at radius 2 is 1.82 bits per heavy atom. The van der Waals surface area contributed by atoms with Crippen molar-refractivity contribution in [1.82, 2.24) is 4.98 Å². The number of ether oxygens (including phenoxy) is 2. The number of aromatic amines is 1. The Balaban J connectivity index is 1.97. The Labute approximate surface area is 134 Å². The van der Waals surface area contributed by atoms with Crippen molar-refractivity contribution in [3.05, 3.63) is 40.0 Å². The van der Waals surface area contributed by atoms with Crippen molar-refractivity contribution in [2.45, 2.75) is 0 Å². The van der Waals surface area contributed by atoms with Gasteiger partial charge in [-0.2, -0.15) is 0 Å². The summed E-state index contributed by atoms with van der Waals surface area (Å²) in [6, 6.07) is 3.51. The van der Waals surface area contributed by atoms with Crippen molar-refractivity contribution >= 4 is 51.2 Å². The van der Waals surface area contributed by atoms with Crippen molar-refractivity contribution in [2.24, 2.45) is 0 Å². The number of Topliss-reactive ketones (excluding diaryl/α,β-unsaturated/α-hetero) is 1. The van der Waals surface area contributed by atoms with Crippen LogP contribution in [-0.4, -0.2) is 23.3 Å². The third-order valence-corrected chi connectivity index (χ3v) is 4.24. The predicted octanol–water partition coefficient (Wildman–Crippen LogP) is 3.12. The number of nitrogens with one attached hydrogen (secondary N) is 1.